The second-order valence-electron chi connectivity index (χ2n) is 2.27. The number of aryl methyl sites for hydroxylation is 1. The normalized spacial score (nSPS) is 8.27. The van der Waals surface area contributed by atoms with Gasteiger partial charge in [0, 0.05) is 0 Å². The average Bonchev–Trinajstić information content (AvgIpc) is 2.04. The van der Waals surface area contributed by atoms with Crippen molar-refractivity contribution in [2.45, 2.75) is 6.92 Å². The standard InChI is InChI=1S/C9H6N2/c1-7-2-3-8(5-10)9(4-7)6-11/h2-4H,1H3. The van der Waals surface area contributed by atoms with Crippen LogP contribution in [-0.2, 0) is 0 Å². The van der Waals surface area contributed by atoms with Crippen molar-refractivity contribution >= 4 is 0 Å². The van der Waals surface area contributed by atoms with Gasteiger partial charge in [-0.2, -0.15) is 10.5 Å². The van der Waals surface area contributed by atoms with E-state index in [2.05, 4.69) is 0 Å². The van der Waals surface area contributed by atoms with Gasteiger partial charge in [0.15, 0.2) is 0 Å². The van der Waals surface area contributed by atoms with Gasteiger partial charge in [-0.1, -0.05) is 6.07 Å². The minimum Gasteiger partial charge on any atom is -0.192 e. The van der Waals surface area contributed by atoms with Crippen LogP contribution in [0.4, 0.5) is 0 Å². The summed E-state index contributed by atoms with van der Waals surface area (Å²) in [6.07, 6.45) is 0. The molecule has 0 heterocycles. The molecule has 52 valence electrons. The summed E-state index contributed by atoms with van der Waals surface area (Å²) in [5.74, 6) is 0. The Balaban J connectivity index is 3.34. The number of nitriles is 2. The monoisotopic (exact) mass is 142 g/mol. The van der Waals surface area contributed by atoms with E-state index in [4.69, 9.17) is 10.5 Å². The second-order valence-corrected chi connectivity index (χ2v) is 2.27. The topological polar surface area (TPSA) is 47.6 Å². The molecule has 0 aliphatic heterocycles. The lowest BCUT2D eigenvalue weighted by Crippen LogP contribution is -1.83. The zero-order chi connectivity index (χ0) is 8.27. The van der Waals surface area contributed by atoms with Crippen LogP contribution in [0.1, 0.15) is 16.7 Å². The predicted octanol–water partition coefficient (Wildman–Crippen LogP) is 1.74. The molecule has 0 amide bonds. The van der Waals surface area contributed by atoms with Crippen LogP contribution in [-0.4, -0.2) is 0 Å². The Morgan fingerprint density at radius 3 is 2.27 bits per heavy atom. The van der Waals surface area contributed by atoms with Gasteiger partial charge in [0.25, 0.3) is 0 Å². The minimum atomic E-state index is 0.443. The minimum absolute atomic E-state index is 0.443. The molecule has 0 atom stereocenters. The van der Waals surface area contributed by atoms with Crippen LogP contribution in [0.3, 0.4) is 0 Å². The molecule has 0 bridgehead atoms. The summed E-state index contributed by atoms with van der Waals surface area (Å²) in [5, 5.41) is 17.1. The molecule has 0 saturated heterocycles. The Kier molecular flexibility index (Phi) is 1.90. The molecule has 0 saturated carbocycles. The highest BCUT2D eigenvalue weighted by molar-refractivity contribution is 5.46. The Morgan fingerprint density at radius 2 is 1.73 bits per heavy atom. The molecule has 2 nitrogen and oxygen atoms in total. The molecule has 1 aromatic carbocycles. The van der Waals surface area contributed by atoms with Crippen LogP contribution >= 0.6 is 0 Å². The third kappa shape index (κ3) is 1.36. The van der Waals surface area contributed by atoms with Gasteiger partial charge in [-0.15, -0.1) is 0 Å². The predicted molar refractivity (Wildman–Crippen MR) is 40.6 cm³/mol. The van der Waals surface area contributed by atoms with Crippen LogP contribution in [0, 0.1) is 29.6 Å². The fourth-order valence-corrected chi connectivity index (χ4v) is 0.848. The van der Waals surface area contributed by atoms with Crippen LogP contribution in [0.25, 0.3) is 0 Å². The molecule has 0 radical (unpaired) electrons. The first-order valence-electron chi connectivity index (χ1n) is 3.19. The molecule has 0 unspecified atom stereocenters. The van der Waals surface area contributed by atoms with Crippen LogP contribution in [0.2, 0.25) is 0 Å². The van der Waals surface area contributed by atoms with Gasteiger partial charge in [-0.05, 0) is 24.6 Å². The van der Waals surface area contributed by atoms with Gasteiger partial charge < -0.3 is 0 Å². The highest BCUT2D eigenvalue weighted by Crippen LogP contribution is 2.08. The fourth-order valence-electron chi connectivity index (χ4n) is 0.848. The van der Waals surface area contributed by atoms with Crippen molar-refractivity contribution in [1.82, 2.24) is 0 Å². The quantitative estimate of drug-likeness (QED) is 0.553. The van der Waals surface area contributed by atoms with E-state index in [9.17, 15) is 0 Å². The molecule has 1 aromatic rings. The lowest BCUT2D eigenvalue weighted by molar-refractivity contribution is 1.38. The van der Waals surface area contributed by atoms with E-state index in [1.807, 2.05) is 25.1 Å². The molecule has 11 heavy (non-hydrogen) atoms. The molecule has 0 aliphatic carbocycles. The average molecular weight is 142 g/mol. The zero-order valence-electron chi connectivity index (χ0n) is 6.13. The molecule has 0 N–H and O–H groups in total. The fraction of sp³-hybridized carbons (Fsp3) is 0.111. The number of benzene rings is 1. The maximum absolute atomic E-state index is 8.57. The maximum atomic E-state index is 8.57. The maximum Gasteiger partial charge on any atom is 0.101 e. The van der Waals surface area contributed by atoms with E-state index in [-0.39, 0.29) is 0 Å². The number of hydrogen-bond donors (Lipinski definition) is 0. The summed E-state index contributed by atoms with van der Waals surface area (Å²) in [5.41, 5.74) is 1.89. The summed E-state index contributed by atoms with van der Waals surface area (Å²) < 4.78 is 0. The number of rotatable bonds is 0. The van der Waals surface area contributed by atoms with Crippen molar-refractivity contribution < 1.29 is 0 Å². The second kappa shape index (κ2) is 2.86. The lowest BCUT2D eigenvalue weighted by atomic mass is 10.1. The van der Waals surface area contributed by atoms with E-state index in [1.54, 1.807) is 12.1 Å². The van der Waals surface area contributed by atoms with Gasteiger partial charge in [-0.3, -0.25) is 0 Å². The van der Waals surface area contributed by atoms with Crippen molar-refractivity contribution in [3.05, 3.63) is 34.9 Å². The van der Waals surface area contributed by atoms with Gasteiger partial charge >= 0.3 is 0 Å². The Labute approximate surface area is 65.3 Å². The first kappa shape index (κ1) is 7.31. The first-order chi connectivity index (χ1) is 5.27. The molecule has 2 heteroatoms. The Bertz CT molecular complexity index is 353. The molecular formula is C9H6N2. The van der Waals surface area contributed by atoms with Crippen LogP contribution in [0.5, 0.6) is 0 Å². The Hall–Kier alpha value is -1.80. The Morgan fingerprint density at radius 1 is 1.09 bits per heavy atom. The summed E-state index contributed by atoms with van der Waals surface area (Å²) in [6.45, 7) is 1.89. The first-order valence-corrected chi connectivity index (χ1v) is 3.19. The van der Waals surface area contributed by atoms with Crippen LogP contribution < -0.4 is 0 Å². The van der Waals surface area contributed by atoms with Gasteiger partial charge in [0.1, 0.15) is 12.1 Å². The summed E-state index contributed by atoms with van der Waals surface area (Å²) in [6, 6.07) is 9.10. The molecular weight excluding hydrogens is 136 g/mol. The van der Waals surface area contributed by atoms with Crippen molar-refractivity contribution in [2.24, 2.45) is 0 Å². The highest BCUT2D eigenvalue weighted by Gasteiger charge is 1.98. The highest BCUT2D eigenvalue weighted by atomic mass is 14.3. The molecule has 0 aliphatic rings. The molecule has 0 aromatic heterocycles. The number of hydrogen-bond acceptors (Lipinski definition) is 2. The third-order valence-electron chi connectivity index (χ3n) is 1.42. The molecule has 0 fully saturated rings. The van der Waals surface area contributed by atoms with Gasteiger partial charge in [-0.25, -0.2) is 0 Å². The third-order valence-corrected chi connectivity index (χ3v) is 1.42. The molecule has 1 rings (SSSR count). The van der Waals surface area contributed by atoms with Crippen molar-refractivity contribution in [1.29, 1.82) is 10.5 Å². The van der Waals surface area contributed by atoms with E-state index < -0.39 is 0 Å². The largest absolute Gasteiger partial charge is 0.192 e. The number of nitrogens with zero attached hydrogens (tertiary/aromatic N) is 2. The van der Waals surface area contributed by atoms with E-state index >= 15 is 0 Å². The SMILES string of the molecule is Cc1ccc(C#N)c(C#N)c1. The zero-order valence-corrected chi connectivity index (χ0v) is 6.13. The van der Waals surface area contributed by atoms with Crippen molar-refractivity contribution in [3.8, 4) is 12.1 Å². The summed E-state index contributed by atoms with van der Waals surface area (Å²) >= 11 is 0. The van der Waals surface area contributed by atoms with Gasteiger partial charge in [0.2, 0.25) is 0 Å². The van der Waals surface area contributed by atoms with Crippen LogP contribution in [0.15, 0.2) is 18.2 Å². The summed E-state index contributed by atoms with van der Waals surface area (Å²) in [4.78, 5) is 0. The van der Waals surface area contributed by atoms with E-state index in [0.29, 0.717) is 11.1 Å². The molecule has 0 spiro atoms. The summed E-state index contributed by atoms with van der Waals surface area (Å²) in [7, 11) is 0. The van der Waals surface area contributed by atoms with E-state index in [0.717, 1.165) is 5.56 Å². The van der Waals surface area contributed by atoms with Gasteiger partial charge in [0.05, 0.1) is 11.1 Å². The van der Waals surface area contributed by atoms with Crippen molar-refractivity contribution in [2.75, 3.05) is 0 Å². The lowest BCUT2D eigenvalue weighted by Gasteiger charge is -1.94. The van der Waals surface area contributed by atoms with Crippen molar-refractivity contribution in [3.63, 3.8) is 0 Å². The van der Waals surface area contributed by atoms with E-state index in [1.165, 1.54) is 0 Å². The smallest absolute Gasteiger partial charge is 0.101 e.